The minimum Gasteiger partial charge on any atom is -0.480 e. The maximum absolute atomic E-state index is 11.9. The molecule has 98 valence electrons. The second-order valence-corrected chi connectivity index (χ2v) is 4.81. The number of carboxylic acid groups (broad SMARTS) is 1. The maximum atomic E-state index is 11.9. The smallest absolute Gasteiger partial charge is 0.328 e. The van der Waals surface area contributed by atoms with Crippen LogP contribution in [0.15, 0.2) is 0 Å². The van der Waals surface area contributed by atoms with Crippen LogP contribution < -0.4 is 5.32 Å². The zero-order chi connectivity index (χ0) is 13.1. The standard InChI is InChI=1S/C11H20N2O4/c1-11(2,9(14)15)12-10(16)13(3)8-4-6-17-7-5-8/h8H,4-7H2,1-3H3,(H,12,16)(H,14,15). The fraction of sp³-hybridized carbons (Fsp3) is 0.818. The van der Waals surface area contributed by atoms with Crippen LogP contribution in [-0.4, -0.2) is 53.8 Å². The van der Waals surface area contributed by atoms with Crippen LogP contribution in [0.5, 0.6) is 0 Å². The lowest BCUT2D eigenvalue weighted by atomic mass is 10.1. The lowest BCUT2D eigenvalue weighted by Crippen LogP contribution is -2.55. The van der Waals surface area contributed by atoms with Crippen LogP contribution in [0.25, 0.3) is 0 Å². The third-order valence-corrected chi connectivity index (χ3v) is 3.01. The molecular formula is C11H20N2O4. The first-order valence-corrected chi connectivity index (χ1v) is 5.70. The highest BCUT2D eigenvalue weighted by atomic mass is 16.5. The van der Waals surface area contributed by atoms with E-state index < -0.39 is 11.5 Å². The lowest BCUT2D eigenvalue weighted by Gasteiger charge is -2.33. The lowest BCUT2D eigenvalue weighted by molar-refractivity contribution is -0.143. The Hall–Kier alpha value is -1.30. The van der Waals surface area contributed by atoms with Crippen LogP contribution in [0.2, 0.25) is 0 Å². The third-order valence-electron chi connectivity index (χ3n) is 3.01. The number of carboxylic acids is 1. The first kappa shape index (κ1) is 13.8. The largest absolute Gasteiger partial charge is 0.480 e. The number of amides is 2. The molecule has 17 heavy (non-hydrogen) atoms. The van der Waals surface area contributed by atoms with E-state index in [0.29, 0.717) is 13.2 Å². The van der Waals surface area contributed by atoms with Gasteiger partial charge in [-0.15, -0.1) is 0 Å². The summed E-state index contributed by atoms with van der Waals surface area (Å²) >= 11 is 0. The summed E-state index contributed by atoms with van der Waals surface area (Å²) in [5.41, 5.74) is -1.25. The molecule has 0 aliphatic carbocycles. The highest BCUT2D eigenvalue weighted by molar-refractivity contribution is 5.85. The SMILES string of the molecule is CN(C(=O)NC(C)(C)C(=O)O)C1CCOCC1. The molecule has 0 aromatic rings. The van der Waals surface area contributed by atoms with Crippen LogP contribution in [0.3, 0.4) is 0 Å². The van der Waals surface area contributed by atoms with Gasteiger partial charge in [0.25, 0.3) is 0 Å². The van der Waals surface area contributed by atoms with Gasteiger partial charge in [-0.05, 0) is 26.7 Å². The van der Waals surface area contributed by atoms with Gasteiger partial charge in [0.05, 0.1) is 0 Å². The van der Waals surface area contributed by atoms with Gasteiger partial charge in [-0.3, -0.25) is 0 Å². The molecule has 1 saturated heterocycles. The molecular weight excluding hydrogens is 224 g/mol. The summed E-state index contributed by atoms with van der Waals surface area (Å²) in [4.78, 5) is 24.3. The zero-order valence-electron chi connectivity index (χ0n) is 10.5. The van der Waals surface area contributed by atoms with E-state index in [1.54, 1.807) is 11.9 Å². The van der Waals surface area contributed by atoms with Crippen molar-refractivity contribution in [2.45, 2.75) is 38.3 Å². The maximum Gasteiger partial charge on any atom is 0.328 e. The quantitative estimate of drug-likeness (QED) is 0.764. The molecule has 1 heterocycles. The van der Waals surface area contributed by atoms with Crippen molar-refractivity contribution in [1.82, 2.24) is 10.2 Å². The number of urea groups is 1. The summed E-state index contributed by atoms with van der Waals surface area (Å²) in [6, 6.07) is -0.238. The first-order chi connectivity index (χ1) is 7.84. The number of nitrogens with zero attached hydrogens (tertiary/aromatic N) is 1. The number of carbonyl (C=O) groups is 2. The molecule has 1 aliphatic heterocycles. The summed E-state index contributed by atoms with van der Waals surface area (Å²) in [7, 11) is 1.68. The van der Waals surface area contributed by atoms with Crippen LogP contribution in [0.4, 0.5) is 4.79 Å². The first-order valence-electron chi connectivity index (χ1n) is 5.70. The molecule has 1 aliphatic rings. The number of rotatable bonds is 3. The average Bonchev–Trinajstić information content (AvgIpc) is 2.28. The van der Waals surface area contributed by atoms with Crippen molar-refractivity contribution in [2.75, 3.05) is 20.3 Å². The van der Waals surface area contributed by atoms with E-state index in [4.69, 9.17) is 9.84 Å². The molecule has 0 atom stereocenters. The molecule has 0 spiro atoms. The average molecular weight is 244 g/mol. The molecule has 0 aromatic heterocycles. The number of ether oxygens (including phenoxy) is 1. The molecule has 0 unspecified atom stereocenters. The fourth-order valence-corrected chi connectivity index (χ4v) is 1.65. The molecule has 1 rings (SSSR count). The van der Waals surface area contributed by atoms with E-state index >= 15 is 0 Å². The highest BCUT2D eigenvalue weighted by Crippen LogP contribution is 2.13. The van der Waals surface area contributed by atoms with Gasteiger partial charge < -0.3 is 20.1 Å². The molecule has 2 N–H and O–H groups in total. The topological polar surface area (TPSA) is 78.9 Å². The Morgan fingerprint density at radius 3 is 2.35 bits per heavy atom. The van der Waals surface area contributed by atoms with Gasteiger partial charge in [0.1, 0.15) is 5.54 Å². The van der Waals surface area contributed by atoms with Crippen molar-refractivity contribution in [3.63, 3.8) is 0 Å². The molecule has 1 fully saturated rings. The molecule has 6 heteroatoms. The van der Waals surface area contributed by atoms with E-state index in [-0.39, 0.29) is 12.1 Å². The minimum atomic E-state index is -1.25. The summed E-state index contributed by atoms with van der Waals surface area (Å²) in [5.74, 6) is -1.05. The van der Waals surface area contributed by atoms with Gasteiger partial charge in [0.2, 0.25) is 0 Å². The third kappa shape index (κ3) is 3.59. The van der Waals surface area contributed by atoms with Crippen LogP contribution in [0, 0.1) is 0 Å². The number of nitrogens with one attached hydrogen (secondary N) is 1. The number of carbonyl (C=O) groups excluding carboxylic acids is 1. The van der Waals surface area contributed by atoms with E-state index in [0.717, 1.165) is 12.8 Å². The monoisotopic (exact) mass is 244 g/mol. The molecule has 0 aromatic carbocycles. The van der Waals surface area contributed by atoms with Crippen molar-refractivity contribution in [3.05, 3.63) is 0 Å². The van der Waals surface area contributed by atoms with Crippen LogP contribution >= 0.6 is 0 Å². The highest BCUT2D eigenvalue weighted by Gasteiger charge is 2.32. The van der Waals surface area contributed by atoms with E-state index in [2.05, 4.69) is 5.32 Å². The Balaban J connectivity index is 2.54. The van der Waals surface area contributed by atoms with Gasteiger partial charge in [-0.1, -0.05) is 0 Å². The van der Waals surface area contributed by atoms with Gasteiger partial charge in [-0.2, -0.15) is 0 Å². The van der Waals surface area contributed by atoms with Gasteiger partial charge in [0.15, 0.2) is 0 Å². The summed E-state index contributed by atoms with van der Waals surface area (Å²) < 4.78 is 5.22. The van der Waals surface area contributed by atoms with Crippen LogP contribution in [-0.2, 0) is 9.53 Å². The Labute approximate surface area is 101 Å². The Kier molecular flexibility index (Phi) is 4.34. The van der Waals surface area contributed by atoms with Crippen molar-refractivity contribution in [3.8, 4) is 0 Å². The molecule has 0 bridgehead atoms. The van der Waals surface area contributed by atoms with Crippen LogP contribution in [0.1, 0.15) is 26.7 Å². The summed E-state index contributed by atoms with van der Waals surface area (Å²) in [6.45, 7) is 4.21. The molecule has 6 nitrogen and oxygen atoms in total. The van der Waals surface area contributed by atoms with Crippen molar-refractivity contribution >= 4 is 12.0 Å². The number of aliphatic carboxylic acids is 1. The van der Waals surface area contributed by atoms with E-state index in [1.165, 1.54) is 13.8 Å². The Morgan fingerprint density at radius 1 is 1.35 bits per heavy atom. The van der Waals surface area contributed by atoms with Gasteiger partial charge >= 0.3 is 12.0 Å². The Morgan fingerprint density at radius 2 is 1.88 bits per heavy atom. The van der Waals surface area contributed by atoms with Crippen molar-refractivity contribution < 1.29 is 19.4 Å². The predicted molar refractivity (Wildman–Crippen MR) is 61.9 cm³/mol. The van der Waals surface area contributed by atoms with Gasteiger partial charge in [0, 0.05) is 26.3 Å². The second kappa shape index (κ2) is 5.35. The van der Waals surface area contributed by atoms with E-state index in [1.807, 2.05) is 0 Å². The summed E-state index contributed by atoms with van der Waals surface area (Å²) in [6.07, 6.45) is 1.58. The fourth-order valence-electron chi connectivity index (χ4n) is 1.65. The number of hydrogen-bond acceptors (Lipinski definition) is 3. The second-order valence-electron chi connectivity index (χ2n) is 4.81. The zero-order valence-corrected chi connectivity index (χ0v) is 10.5. The minimum absolute atomic E-state index is 0.119. The molecule has 0 radical (unpaired) electrons. The predicted octanol–water partition coefficient (Wildman–Crippen LogP) is 0.670. The van der Waals surface area contributed by atoms with Crippen molar-refractivity contribution in [2.24, 2.45) is 0 Å². The molecule has 2 amide bonds. The van der Waals surface area contributed by atoms with Gasteiger partial charge in [-0.25, -0.2) is 9.59 Å². The van der Waals surface area contributed by atoms with Crippen molar-refractivity contribution in [1.29, 1.82) is 0 Å². The summed E-state index contributed by atoms with van der Waals surface area (Å²) in [5, 5.41) is 11.4. The Bertz CT molecular complexity index is 298. The molecule has 0 saturated carbocycles. The van der Waals surface area contributed by atoms with E-state index in [9.17, 15) is 9.59 Å². The normalized spacial score (nSPS) is 17.6. The number of hydrogen-bond donors (Lipinski definition) is 2.